The fourth-order valence-corrected chi connectivity index (χ4v) is 4.71. The molecule has 0 saturated carbocycles. The molecule has 0 spiro atoms. The number of amides is 2. The molecule has 3 aromatic carbocycles. The van der Waals surface area contributed by atoms with Crippen LogP contribution in [0.25, 0.3) is 5.69 Å². The molecule has 1 aromatic heterocycles. The largest absolute Gasteiger partial charge is 0.322 e. The molecule has 0 saturated heterocycles. The smallest absolute Gasteiger partial charge is 0.295 e. The number of rotatable bonds is 7. The van der Waals surface area contributed by atoms with Crippen molar-refractivity contribution in [3.8, 4) is 5.69 Å². The van der Waals surface area contributed by atoms with Crippen molar-refractivity contribution in [2.75, 3.05) is 10.6 Å². The molecule has 0 aliphatic carbocycles. The number of aromatic nitrogens is 2. The third-order valence-corrected chi connectivity index (χ3v) is 7.10. The van der Waals surface area contributed by atoms with Crippen LogP contribution in [0.2, 0.25) is 0 Å². The number of carbonyl (C=O) groups is 2. The average Bonchev–Trinajstić information content (AvgIpc) is 3.08. The van der Waals surface area contributed by atoms with Crippen LogP contribution < -0.4 is 16.2 Å². The van der Waals surface area contributed by atoms with Gasteiger partial charge in [0.25, 0.3) is 11.5 Å². The van der Waals surface area contributed by atoms with Crippen LogP contribution in [-0.4, -0.2) is 26.4 Å². The van der Waals surface area contributed by atoms with Gasteiger partial charge in [0.1, 0.15) is 5.69 Å². The molecular weight excluding hydrogens is 472 g/mol. The van der Waals surface area contributed by atoms with E-state index in [1.54, 1.807) is 31.6 Å². The van der Waals surface area contributed by atoms with Crippen molar-refractivity contribution in [1.29, 1.82) is 0 Å². The fourth-order valence-electron chi connectivity index (χ4n) is 3.84. The van der Waals surface area contributed by atoms with Crippen LogP contribution in [0.4, 0.5) is 11.4 Å². The summed E-state index contributed by atoms with van der Waals surface area (Å²) in [6.07, 6.45) is 0. The number of aryl methyl sites for hydroxylation is 1. The van der Waals surface area contributed by atoms with Crippen molar-refractivity contribution >= 4 is 35.0 Å². The van der Waals surface area contributed by atoms with Gasteiger partial charge >= 0.3 is 0 Å². The molecule has 7 nitrogen and oxygen atoms in total. The molecule has 0 fully saturated rings. The van der Waals surface area contributed by atoms with Crippen molar-refractivity contribution in [1.82, 2.24) is 9.36 Å². The van der Waals surface area contributed by atoms with Crippen molar-refractivity contribution in [3.63, 3.8) is 0 Å². The summed E-state index contributed by atoms with van der Waals surface area (Å²) in [6.45, 7) is 5.50. The highest BCUT2D eigenvalue weighted by Crippen LogP contribution is 2.26. The summed E-state index contributed by atoms with van der Waals surface area (Å²) in [5.41, 5.74) is 3.60. The molecule has 4 rings (SSSR count). The third-order valence-electron chi connectivity index (χ3n) is 5.99. The van der Waals surface area contributed by atoms with E-state index in [4.69, 9.17) is 0 Å². The lowest BCUT2D eigenvalue weighted by Gasteiger charge is -2.12. The van der Waals surface area contributed by atoms with Crippen LogP contribution in [0.1, 0.15) is 28.5 Å². The highest BCUT2D eigenvalue weighted by atomic mass is 32.2. The Morgan fingerprint density at radius 3 is 2.17 bits per heavy atom. The minimum atomic E-state index is -0.443. The van der Waals surface area contributed by atoms with E-state index >= 15 is 0 Å². The molecule has 4 aromatic rings. The standard InChI is InChI=1S/C28H28N4O3S/c1-18-10-8-9-13-24(18)27(34)29-21-14-16-23(17-15-21)36-20(3)26(33)30-25-19(2)31(4)32(28(25)35)22-11-6-5-7-12-22/h5-17,20H,1-4H3,(H,29,34)(H,30,33). The summed E-state index contributed by atoms with van der Waals surface area (Å²) >= 11 is 1.38. The van der Waals surface area contributed by atoms with Crippen LogP contribution in [0.3, 0.4) is 0 Å². The molecule has 1 atom stereocenters. The molecular formula is C28H28N4O3S. The SMILES string of the molecule is Cc1ccccc1C(=O)Nc1ccc(SC(C)C(=O)Nc2c(C)n(C)n(-c3ccccc3)c2=O)cc1. The Hall–Kier alpha value is -4.04. The predicted octanol–water partition coefficient (Wildman–Crippen LogP) is 5.16. The summed E-state index contributed by atoms with van der Waals surface area (Å²) < 4.78 is 3.27. The Kier molecular flexibility index (Phi) is 7.45. The maximum absolute atomic E-state index is 13.1. The highest BCUT2D eigenvalue weighted by molar-refractivity contribution is 8.00. The molecule has 2 amide bonds. The summed E-state index contributed by atoms with van der Waals surface area (Å²) in [5.74, 6) is -0.427. The van der Waals surface area contributed by atoms with Crippen LogP contribution in [0.15, 0.2) is 88.6 Å². The molecule has 0 aliphatic rings. The second-order valence-corrected chi connectivity index (χ2v) is 9.89. The minimum absolute atomic E-state index is 0.166. The van der Waals surface area contributed by atoms with Crippen molar-refractivity contribution < 1.29 is 9.59 Å². The van der Waals surface area contributed by atoms with Gasteiger partial charge in [0.05, 0.1) is 16.6 Å². The second kappa shape index (κ2) is 10.7. The Morgan fingerprint density at radius 2 is 1.50 bits per heavy atom. The van der Waals surface area contributed by atoms with Gasteiger partial charge in [0.2, 0.25) is 5.91 Å². The monoisotopic (exact) mass is 500 g/mol. The van der Waals surface area contributed by atoms with Gasteiger partial charge in [-0.2, -0.15) is 0 Å². The zero-order valence-electron chi connectivity index (χ0n) is 20.6. The summed E-state index contributed by atoms with van der Waals surface area (Å²) in [6, 6.07) is 24.1. The quantitative estimate of drug-likeness (QED) is 0.343. The van der Waals surface area contributed by atoms with Gasteiger partial charge < -0.3 is 10.6 Å². The number of benzene rings is 3. The van der Waals surface area contributed by atoms with Gasteiger partial charge in [-0.25, -0.2) is 4.68 Å². The van der Waals surface area contributed by atoms with Crippen molar-refractivity contribution in [2.45, 2.75) is 30.9 Å². The number of hydrogen-bond donors (Lipinski definition) is 2. The van der Waals surface area contributed by atoms with Crippen LogP contribution in [0, 0.1) is 13.8 Å². The van der Waals surface area contributed by atoms with E-state index in [9.17, 15) is 14.4 Å². The molecule has 0 radical (unpaired) electrons. The number of nitrogens with zero attached hydrogens (tertiary/aromatic N) is 2. The lowest BCUT2D eigenvalue weighted by atomic mass is 10.1. The van der Waals surface area contributed by atoms with E-state index in [2.05, 4.69) is 10.6 Å². The van der Waals surface area contributed by atoms with E-state index in [1.807, 2.05) is 79.7 Å². The third kappa shape index (κ3) is 5.28. The minimum Gasteiger partial charge on any atom is -0.322 e. The predicted molar refractivity (Wildman–Crippen MR) is 145 cm³/mol. The average molecular weight is 501 g/mol. The molecule has 1 unspecified atom stereocenters. The molecule has 36 heavy (non-hydrogen) atoms. The van der Waals surface area contributed by atoms with Crippen molar-refractivity contribution in [3.05, 3.63) is 106 Å². The van der Waals surface area contributed by atoms with Gasteiger partial charge in [-0.3, -0.25) is 19.1 Å². The molecule has 184 valence electrons. The first-order chi connectivity index (χ1) is 17.3. The Bertz CT molecular complexity index is 1460. The lowest BCUT2D eigenvalue weighted by Crippen LogP contribution is -2.27. The van der Waals surface area contributed by atoms with E-state index in [0.717, 1.165) is 16.1 Å². The summed E-state index contributed by atoms with van der Waals surface area (Å²) in [5, 5.41) is 5.28. The fraction of sp³-hybridized carbons (Fsp3) is 0.179. The zero-order chi connectivity index (χ0) is 25.8. The topological polar surface area (TPSA) is 85.1 Å². The Labute approximate surface area is 214 Å². The van der Waals surface area contributed by atoms with E-state index in [0.29, 0.717) is 16.9 Å². The number of nitrogens with one attached hydrogen (secondary N) is 2. The molecule has 2 N–H and O–H groups in total. The number of anilines is 2. The van der Waals surface area contributed by atoms with Crippen molar-refractivity contribution in [2.24, 2.45) is 7.05 Å². The molecule has 0 bridgehead atoms. The van der Waals surface area contributed by atoms with E-state index < -0.39 is 5.25 Å². The van der Waals surface area contributed by atoms with Gasteiger partial charge in [-0.15, -0.1) is 11.8 Å². The number of para-hydroxylation sites is 1. The first-order valence-electron chi connectivity index (χ1n) is 11.5. The van der Waals surface area contributed by atoms with Crippen LogP contribution in [0.5, 0.6) is 0 Å². The summed E-state index contributed by atoms with van der Waals surface area (Å²) in [7, 11) is 1.79. The van der Waals surface area contributed by atoms with Gasteiger partial charge in [-0.1, -0.05) is 36.4 Å². The van der Waals surface area contributed by atoms with Crippen LogP contribution in [-0.2, 0) is 11.8 Å². The normalized spacial score (nSPS) is 11.7. The van der Waals surface area contributed by atoms with E-state index in [-0.39, 0.29) is 23.1 Å². The number of carbonyl (C=O) groups excluding carboxylic acids is 2. The zero-order valence-corrected chi connectivity index (χ0v) is 21.4. The maximum atomic E-state index is 13.1. The van der Waals surface area contributed by atoms with E-state index in [1.165, 1.54) is 16.4 Å². The van der Waals surface area contributed by atoms with Gasteiger partial charge in [-0.05, 0) is 68.8 Å². The van der Waals surface area contributed by atoms with Gasteiger partial charge in [0.15, 0.2) is 0 Å². The number of thioether (sulfide) groups is 1. The second-order valence-electron chi connectivity index (χ2n) is 8.48. The first kappa shape index (κ1) is 25.1. The molecule has 8 heteroatoms. The summed E-state index contributed by atoms with van der Waals surface area (Å²) in [4.78, 5) is 39.4. The first-order valence-corrected chi connectivity index (χ1v) is 12.4. The van der Waals surface area contributed by atoms with Crippen LogP contribution >= 0.6 is 11.8 Å². The van der Waals surface area contributed by atoms with Gasteiger partial charge in [0, 0.05) is 23.2 Å². The maximum Gasteiger partial charge on any atom is 0.295 e. The highest BCUT2D eigenvalue weighted by Gasteiger charge is 2.21. The Balaban J connectivity index is 1.41. The molecule has 0 aliphatic heterocycles. The lowest BCUT2D eigenvalue weighted by molar-refractivity contribution is -0.115. The molecule has 1 heterocycles. The Morgan fingerprint density at radius 1 is 0.861 bits per heavy atom. The number of hydrogen-bond acceptors (Lipinski definition) is 4.